The normalized spacial score (nSPS) is 16.5. The van der Waals surface area contributed by atoms with E-state index in [1.807, 2.05) is 32.9 Å². The molecule has 0 spiro atoms. The molecule has 2 heterocycles. The van der Waals surface area contributed by atoms with Crippen molar-refractivity contribution in [1.29, 1.82) is 0 Å². The number of hydrogen-bond donors (Lipinski definition) is 4. The zero-order valence-corrected chi connectivity index (χ0v) is 30.1. The molecule has 4 N–H and O–H groups in total. The van der Waals surface area contributed by atoms with E-state index in [2.05, 4.69) is 25.8 Å². The van der Waals surface area contributed by atoms with E-state index in [4.69, 9.17) is 9.72 Å². The average molecular weight is 700 g/mol. The van der Waals surface area contributed by atoms with E-state index in [1.54, 1.807) is 48.5 Å². The molecule has 1 aliphatic carbocycles. The van der Waals surface area contributed by atoms with E-state index < -0.39 is 12.0 Å². The van der Waals surface area contributed by atoms with Crippen LogP contribution < -0.4 is 30.5 Å². The first-order valence-electron chi connectivity index (χ1n) is 17.8. The van der Waals surface area contributed by atoms with Gasteiger partial charge in [-0.25, -0.2) is 9.78 Å². The Morgan fingerprint density at radius 2 is 1.80 bits per heavy atom. The monoisotopic (exact) mass is 699 g/mol. The summed E-state index contributed by atoms with van der Waals surface area (Å²) >= 11 is 0. The highest BCUT2D eigenvalue weighted by molar-refractivity contribution is 6.05. The first-order chi connectivity index (χ1) is 24.5. The zero-order valence-electron chi connectivity index (χ0n) is 30.1. The van der Waals surface area contributed by atoms with E-state index in [0.717, 1.165) is 37.1 Å². The Bertz CT molecular complexity index is 1720. The number of benzene rings is 2. The third-order valence-electron chi connectivity index (χ3n) is 9.54. The second kappa shape index (κ2) is 16.7. The lowest BCUT2D eigenvalue weighted by molar-refractivity contribution is -0.142. The molecule has 1 aliphatic heterocycles. The summed E-state index contributed by atoms with van der Waals surface area (Å²) in [6, 6.07) is 11.6. The second-order valence-corrected chi connectivity index (χ2v) is 13.7. The van der Waals surface area contributed by atoms with Crippen LogP contribution in [0.3, 0.4) is 0 Å². The quantitative estimate of drug-likeness (QED) is 0.150. The maximum atomic E-state index is 13.2. The van der Waals surface area contributed by atoms with E-state index in [0.29, 0.717) is 60.0 Å². The molecule has 2 atom stereocenters. The van der Waals surface area contributed by atoms with Crippen molar-refractivity contribution in [3.63, 3.8) is 0 Å². The molecule has 0 unspecified atom stereocenters. The van der Waals surface area contributed by atoms with Gasteiger partial charge in [-0.1, -0.05) is 45.7 Å². The van der Waals surface area contributed by atoms with Crippen molar-refractivity contribution >= 4 is 52.5 Å². The number of amides is 3. The summed E-state index contributed by atoms with van der Waals surface area (Å²) in [5.74, 6) is 0.143. The first kappa shape index (κ1) is 37.1. The number of aryl methyl sites for hydroxylation is 1. The smallest absolute Gasteiger partial charge is 0.326 e. The predicted molar refractivity (Wildman–Crippen MR) is 197 cm³/mol. The van der Waals surface area contributed by atoms with Crippen LogP contribution in [0.4, 0.5) is 28.8 Å². The highest BCUT2D eigenvalue weighted by Crippen LogP contribution is 2.40. The van der Waals surface area contributed by atoms with E-state index >= 15 is 0 Å². The number of carbonyl (C=O) groups excluding carboxylic acids is 3. The van der Waals surface area contributed by atoms with Gasteiger partial charge >= 0.3 is 5.97 Å². The van der Waals surface area contributed by atoms with Gasteiger partial charge in [0, 0.05) is 30.8 Å². The maximum absolute atomic E-state index is 13.2. The number of hydrogen-bond acceptors (Lipinski definition) is 9. The van der Waals surface area contributed by atoms with Gasteiger partial charge in [-0.15, -0.1) is 0 Å². The minimum absolute atomic E-state index is 0.0556. The number of nitrogens with one attached hydrogen (secondary N) is 3. The number of carbonyl (C=O) groups is 4. The molecule has 2 aromatic carbocycles. The lowest BCUT2D eigenvalue weighted by atomic mass is 10.0. The summed E-state index contributed by atoms with van der Waals surface area (Å²) in [6.45, 7) is 5.87. The second-order valence-electron chi connectivity index (χ2n) is 13.7. The van der Waals surface area contributed by atoms with Crippen molar-refractivity contribution in [1.82, 2.24) is 15.3 Å². The molecular formula is C38H49N7O6. The minimum Gasteiger partial charge on any atom is -0.495 e. The minimum atomic E-state index is -1.02. The molecule has 0 radical (unpaired) electrons. The molecule has 1 saturated carbocycles. The first-order valence-corrected chi connectivity index (χ1v) is 17.8. The molecule has 272 valence electrons. The number of aliphatic carboxylic acids is 1. The lowest BCUT2D eigenvalue weighted by Crippen LogP contribution is -2.55. The molecule has 0 saturated heterocycles. The number of methoxy groups -OCH3 is 1. The fraction of sp³-hybridized carbons (Fsp3) is 0.474. The van der Waals surface area contributed by atoms with Crippen molar-refractivity contribution in [3.05, 3.63) is 59.8 Å². The Morgan fingerprint density at radius 3 is 2.45 bits per heavy atom. The third kappa shape index (κ3) is 8.94. The van der Waals surface area contributed by atoms with Crippen LogP contribution in [-0.4, -0.2) is 71.0 Å². The van der Waals surface area contributed by atoms with E-state index in [1.165, 1.54) is 7.11 Å². The number of likely N-dealkylation sites (N-methyl/N-ethyl adjacent to an activating group) is 1. The molecule has 51 heavy (non-hydrogen) atoms. The molecule has 5 rings (SSSR count). The standard InChI is InChI=1S/C38H49N7O6/c1-6-30-36(48)44(4)31-22-39-38(43-34(31)45(30)27-11-7-8-12-27)42-28-19-16-25(21-32(28)51-5)35(47)40-26-17-14-24(15-18-26)10-9-13-33(46)41-29(37(49)50)20-23(2)3/h14-19,21-23,27,29-30H,6-13,20H2,1-5H3,(H,40,47)(H,41,46)(H,49,50)(H,39,42,43)/t29-,30+/m0/s1. The molecule has 13 nitrogen and oxygen atoms in total. The number of rotatable bonds is 15. The molecule has 3 aromatic rings. The van der Waals surface area contributed by atoms with Crippen molar-refractivity contribution < 1.29 is 29.0 Å². The van der Waals surface area contributed by atoms with E-state index in [-0.39, 0.29) is 42.1 Å². The van der Waals surface area contributed by atoms with Crippen LogP contribution in [0.2, 0.25) is 0 Å². The summed E-state index contributed by atoms with van der Waals surface area (Å²) in [5.41, 5.74) is 3.28. The van der Waals surface area contributed by atoms with Gasteiger partial charge in [0.05, 0.1) is 19.0 Å². The number of ether oxygens (including phenoxy) is 1. The molecule has 1 aromatic heterocycles. The van der Waals surface area contributed by atoms with Gasteiger partial charge in [-0.05, 0) is 80.3 Å². The largest absolute Gasteiger partial charge is 0.495 e. The molecule has 1 fully saturated rings. The molecule has 0 bridgehead atoms. The Labute approximate surface area is 299 Å². The van der Waals surface area contributed by atoms with Gasteiger partial charge in [0.25, 0.3) is 5.91 Å². The van der Waals surface area contributed by atoms with Gasteiger partial charge in [0.1, 0.15) is 23.5 Å². The molecular weight excluding hydrogens is 650 g/mol. The highest BCUT2D eigenvalue weighted by Gasteiger charge is 2.41. The van der Waals surface area contributed by atoms with Crippen molar-refractivity contribution in [2.75, 3.05) is 34.6 Å². The molecule has 2 aliphatic rings. The summed E-state index contributed by atoms with van der Waals surface area (Å²) in [4.78, 5) is 63.4. The maximum Gasteiger partial charge on any atom is 0.326 e. The Kier molecular flexibility index (Phi) is 12.1. The van der Waals surface area contributed by atoms with Crippen LogP contribution in [0.5, 0.6) is 5.75 Å². The van der Waals surface area contributed by atoms with Crippen LogP contribution in [0, 0.1) is 5.92 Å². The fourth-order valence-electron chi connectivity index (χ4n) is 6.87. The number of carboxylic acid groups (broad SMARTS) is 1. The van der Waals surface area contributed by atoms with Gasteiger partial charge < -0.3 is 35.6 Å². The van der Waals surface area contributed by atoms with Gasteiger partial charge in [0.2, 0.25) is 17.8 Å². The van der Waals surface area contributed by atoms with E-state index in [9.17, 15) is 24.3 Å². The van der Waals surface area contributed by atoms with Gasteiger partial charge in [0.15, 0.2) is 5.82 Å². The predicted octanol–water partition coefficient (Wildman–Crippen LogP) is 5.92. The van der Waals surface area contributed by atoms with Crippen LogP contribution in [0.1, 0.15) is 88.1 Å². The topological polar surface area (TPSA) is 166 Å². The summed E-state index contributed by atoms with van der Waals surface area (Å²) in [5, 5.41) is 18.1. The Morgan fingerprint density at radius 1 is 1.08 bits per heavy atom. The van der Waals surface area contributed by atoms with Crippen molar-refractivity contribution in [3.8, 4) is 5.75 Å². The van der Waals surface area contributed by atoms with Crippen LogP contribution in [-0.2, 0) is 20.8 Å². The fourth-order valence-corrected chi connectivity index (χ4v) is 6.87. The van der Waals surface area contributed by atoms with Gasteiger partial charge in [-0.3, -0.25) is 14.4 Å². The number of carboxylic acids is 1. The zero-order chi connectivity index (χ0) is 36.7. The number of fused-ring (bicyclic) bond motifs is 1. The summed E-state index contributed by atoms with van der Waals surface area (Å²) in [6.07, 6.45) is 8.49. The Balaban J connectivity index is 1.20. The van der Waals surface area contributed by atoms with Crippen molar-refractivity contribution in [2.45, 2.75) is 96.7 Å². The highest BCUT2D eigenvalue weighted by atomic mass is 16.5. The van der Waals surface area contributed by atoms with Gasteiger partial charge in [-0.2, -0.15) is 4.98 Å². The number of anilines is 5. The third-order valence-corrected chi connectivity index (χ3v) is 9.54. The number of aromatic nitrogens is 2. The van der Waals surface area contributed by atoms with Crippen LogP contribution in [0.25, 0.3) is 0 Å². The molecule has 3 amide bonds. The summed E-state index contributed by atoms with van der Waals surface area (Å²) in [7, 11) is 3.30. The molecule has 13 heteroatoms. The Hall–Kier alpha value is -5.20. The number of nitrogens with zero attached hydrogens (tertiary/aromatic N) is 4. The average Bonchev–Trinajstić information content (AvgIpc) is 3.64. The summed E-state index contributed by atoms with van der Waals surface area (Å²) < 4.78 is 5.64. The van der Waals surface area contributed by atoms with Crippen LogP contribution >= 0.6 is 0 Å². The van der Waals surface area contributed by atoms with Crippen LogP contribution in [0.15, 0.2) is 48.7 Å². The van der Waals surface area contributed by atoms with Crippen molar-refractivity contribution in [2.24, 2.45) is 5.92 Å². The SMILES string of the molecule is CC[C@@H]1C(=O)N(C)c2cnc(Nc3ccc(C(=O)Nc4ccc(CCCC(=O)N[C@@H](CC(C)C)C(=O)O)cc4)cc3OC)nc2N1C1CCCC1. The lowest BCUT2D eigenvalue weighted by Gasteiger charge is -2.43.